The lowest BCUT2D eigenvalue weighted by molar-refractivity contribution is -0.384. The van der Waals surface area contributed by atoms with Crippen LogP contribution < -0.4 is 10.1 Å². The molecule has 2 aromatic heterocycles. The van der Waals surface area contributed by atoms with E-state index in [2.05, 4.69) is 10.4 Å². The number of hydrogen-bond acceptors (Lipinski definition) is 6. The molecule has 29 heavy (non-hydrogen) atoms. The van der Waals surface area contributed by atoms with E-state index in [9.17, 15) is 14.9 Å². The number of benzene rings is 1. The molecule has 0 aliphatic carbocycles. The zero-order valence-corrected chi connectivity index (χ0v) is 16.5. The van der Waals surface area contributed by atoms with Gasteiger partial charge in [0.05, 0.1) is 27.2 Å². The molecule has 0 atom stereocenters. The number of halogens is 2. The van der Waals surface area contributed by atoms with Crippen LogP contribution in [0.3, 0.4) is 0 Å². The Bertz CT molecular complexity index is 1020. The van der Waals surface area contributed by atoms with Crippen LogP contribution in [-0.4, -0.2) is 27.2 Å². The molecule has 0 saturated carbocycles. The highest BCUT2D eigenvalue weighted by molar-refractivity contribution is 6.32. The summed E-state index contributed by atoms with van der Waals surface area (Å²) in [4.78, 5) is 22.4. The predicted octanol–water partition coefficient (Wildman–Crippen LogP) is 4.09. The highest BCUT2D eigenvalue weighted by atomic mass is 35.5. The van der Waals surface area contributed by atoms with Crippen LogP contribution in [0.25, 0.3) is 0 Å². The van der Waals surface area contributed by atoms with Crippen LogP contribution in [-0.2, 0) is 13.2 Å². The largest absolute Gasteiger partial charge is 0.484 e. The number of nitrogens with one attached hydrogen (secondary N) is 1. The molecule has 3 rings (SSSR count). The Labute approximate surface area is 175 Å². The first-order valence-corrected chi connectivity index (χ1v) is 9.29. The molecule has 0 radical (unpaired) electrons. The molecule has 1 N–H and O–H groups in total. The second-order valence-electron chi connectivity index (χ2n) is 5.96. The molecule has 1 aromatic carbocycles. The summed E-state index contributed by atoms with van der Waals surface area (Å²) in [5, 5.41) is 18.4. The van der Waals surface area contributed by atoms with Gasteiger partial charge in [0.25, 0.3) is 11.6 Å². The van der Waals surface area contributed by atoms with E-state index in [0.29, 0.717) is 30.3 Å². The van der Waals surface area contributed by atoms with Gasteiger partial charge in [-0.05, 0) is 24.6 Å². The lowest BCUT2D eigenvalue weighted by Crippen LogP contribution is -2.24. The van der Waals surface area contributed by atoms with Crippen molar-refractivity contribution in [2.75, 3.05) is 6.54 Å². The number of carbonyl (C=O) groups excluding carboxylic acids is 1. The van der Waals surface area contributed by atoms with Gasteiger partial charge >= 0.3 is 0 Å². The van der Waals surface area contributed by atoms with E-state index in [0.717, 1.165) is 0 Å². The first-order chi connectivity index (χ1) is 13.9. The maximum atomic E-state index is 12.1. The minimum Gasteiger partial charge on any atom is -0.484 e. The van der Waals surface area contributed by atoms with Gasteiger partial charge in [-0.25, -0.2) is 0 Å². The van der Waals surface area contributed by atoms with Gasteiger partial charge in [-0.1, -0.05) is 23.2 Å². The fourth-order valence-electron chi connectivity index (χ4n) is 2.43. The number of aryl methyl sites for hydroxylation is 1. The number of nitro benzene ring substituents is 1. The lowest BCUT2D eigenvalue weighted by Gasteiger charge is -2.06. The van der Waals surface area contributed by atoms with Gasteiger partial charge in [0, 0.05) is 25.4 Å². The average Bonchev–Trinajstić information content (AvgIpc) is 3.33. The number of amides is 1. The van der Waals surface area contributed by atoms with Crippen molar-refractivity contribution in [2.45, 2.75) is 19.6 Å². The van der Waals surface area contributed by atoms with E-state index in [4.69, 9.17) is 32.4 Å². The minimum atomic E-state index is -0.542. The first-order valence-electron chi connectivity index (χ1n) is 8.54. The number of furan rings is 1. The van der Waals surface area contributed by atoms with E-state index in [1.54, 1.807) is 23.1 Å². The number of aromatic nitrogens is 2. The van der Waals surface area contributed by atoms with Crippen LogP contribution in [0.5, 0.6) is 5.75 Å². The summed E-state index contributed by atoms with van der Waals surface area (Å²) in [5.41, 5.74) is -0.138. The fourth-order valence-corrected chi connectivity index (χ4v) is 2.76. The summed E-state index contributed by atoms with van der Waals surface area (Å²) < 4.78 is 12.6. The summed E-state index contributed by atoms with van der Waals surface area (Å²) in [5.74, 6) is 0.310. The van der Waals surface area contributed by atoms with Gasteiger partial charge in [0.1, 0.15) is 18.1 Å². The van der Waals surface area contributed by atoms with Crippen LogP contribution >= 0.6 is 23.2 Å². The van der Waals surface area contributed by atoms with Gasteiger partial charge in [-0.2, -0.15) is 5.10 Å². The molecule has 9 nitrogen and oxygen atoms in total. The van der Waals surface area contributed by atoms with Crippen molar-refractivity contribution in [3.8, 4) is 5.75 Å². The second kappa shape index (κ2) is 9.44. The molecule has 152 valence electrons. The van der Waals surface area contributed by atoms with Crippen molar-refractivity contribution < 1.29 is 18.9 Å². The number of carbonyl (C=O) groups is 1. The molecule has 2 heterocycles. The Hall–Kier alpha value is -3.04. The average molecular weight is 439 g/mol. The van der Waals surface area contributed by atoms with E-state index in [1.807, 2.05) is 0 Å². The zero-order chi connectivity index (χ0) is 20.8. The number of nitro groups is 1. The summed E-state index contributed by atoms with van der Waals surface area (Å²) in [6.07, 6.45) is 3.93. The molecule has 0 saturated heterocycles. The molecule has 0 aliphatic rings. The van der Waals surface area contributed by atoms with Crippen LogP contribution in [0.4, 0.5) is 5.69 Å². The van der Waals surface area contributed by atoms with Crippen LogP contribution in [0.1, 0.15) is 22.7 Å². The normalized spacial score (nSPS) is 10.7. The zero-order valence-electron chi connectivity index (χ0n) is 15.0. The Morgan fingerprint density at radius 1 is 1.31 bits per heavy atom. The van der Waals surface area contributed by atoms with E-state index >= 15 is 0 Å². The number of ether oxygens (including phenoxy) is 1. The molecule has 0 unspecified atom stereocenters. The first kappa shape index (κ1) is 20.7. The van der Waals surface area contributed by atoms with E-state index < -0.39 is 4.92 Å². The Morgan fingerprint density at radius 2 is 2.14 bits per heavy atom. The topological polar surface area (TPSA) is 112 Å². The molecule has 0 spiro atoms. The molecular formula is C18H16Cl2N4O5. The third kappa shape index (κ3) is 5.72. The van der Waals surface area contributed by atoms with Crippen LogP contribution in [0.15, 0.2) is 47.1 Å². The standard InChI is InChI=1S/C18H16Cl2N4O5/c19-12-9-22-23(10-12)7-1-6-21-18(25)16-5-3-14(29-16)11-28-17-8-13(24(26)27)2-4-15(17)20/h2-5,8-10H,1,6-7,11H2,(H,21,25). The second-order valence-corrected chi connectivity index (χ2v) is 6.80. The van der Waals surface area contributed by atoms with Crippen molar-refractivity contribution in [3.63, 3.8) is 0 Å². The van der Waals surface area contributed by atoms with Crippen molar-refractivity contribution in [2.24, 2.45) is 0 Å². The molecule has 0 bridgehead atoms. The Balaban J connectivity index is 1.48. The lowest BCUT2D eigenvalue weighted by atomic mass is 10.3. The van der Waals surface area contributed by atoms with Crippen molar-refractivity contribution in [1.29, 1.82) is 0 Å². The molecule has 11 heteroatoms. The smallest absolute Gasteiger partial charge is 0.286 e. The number of rotatable bonds is 9. The third-order valence-corrected chi connectivity index (χ3v) is 4.34. The Kier molecular flexibility index (Phi) is 6.73. The monoisotopic (exact) mass is 438 g/mol. The van der Waals surface area contributed by atoms with Crippen molar-refractivity contribution >= 4 is 34.8 Å². The summed E-state index contributed by atoms with van der Waals surface area (Å²) in [7, 11) is 0. The highest BCUT2D eigenvalue weighted by Crippen LogP contribution is 2.29. The van der Waals surface area contributed by atoms with Crippen molar-refractivity contribution in [1.82, 2.24) is 15.1 Å². The number of non-ortho nitro benzene ring substituents is 1. The van der Waals surface area contributed by atoms with Crippen LogP contribution in [0.2, 0.25) is 10.0 Å². The highest BCUT2D eigenvalue weighted by Gasteiger charge is 2.14. The molecule has 0 aliphatic heterocycles. The van der Waals surface area contributed by atoms with Gasteiger partial charge in [0.15, 0.2) is 5.76 Å². The van der Waals surface area contributed by atoms with Gasteiger partial charge in [0.2, 0.25) is 0 Å². The molecule has 1 amide bonds. The van der Waals surface area contributed by atoms with Gasteiger partial charge < -0.3 is 14.5 Å². The summed E-state index contributed by atoms with van der Waals surface area (Å²) >= 11 is 11.8. The van der Waals surface area contributed by atoms with Gasteiger partial charge in [-0.3, -0.25) is 19.6 Å². The van der Waals surface area contributed by atoms with Crippen molar-refractivity contribution in [3.05, 3.63) is 74.4 Å². The molecule has 0 fully saturated rings. The summed E-state index contributed by atoms with van der Waals surface area (Å²) in [6.45, 7) is 1.02. The summed E-state index contributed by atoms with van der Waals surface area (Å²) in [6, 6.07) is 7.01. The quantitative estimate of drug-likeness (QED) is 0.305. The maximum absolute atomic E-state index is 12.1. The van der Waals surface area contributed by atoms with E-state index in [1.165, 1.54) is 24.3 Å². The van der Waals surface area contributed by atoms with Crippen LogP contribution in [0, 0.1) is 10.1 Å². The molecular weight excluding hydrogens is 423 g/mol. The Morgan fingerprint density at radius 3 is 2.86 bits per heavy atom. The van der Waals surface area contributed by atoms with Gasteiger partial charge in [-0.15, -0.1) is 0 Å². The SMILES string of the molecule is O=C(NCCCn1cc(Cl)cn1)c1ccc(COc2cc([N+](=O)[O-])ccc2Cl)o1. The minimum absolute atomic E-state index is 0.0335. The number of hydrogen-bond donors (Lipinski definition) is 1. The fraction of sp³-hybridized carbons (Fsp3) is 0.222. The molecule has 3 aromatic rings. The maximum Gasteiger partial charge on any atom is 0.286 e. The third-order valence-electron chi connectivity index (χ3n) is 3.83. The predicted molar refractivity (Wildman–Crippen MR) is 105 cm³/mol. The van der Waals surface area contributed by atoms with E-state index in [-0.39, 0.29) is 34.7 Å². The number of nitrogens with zero attached hydrogens (tertiary/aromatic N) is 3.